The molecule has 0 saturated carbocycles. The number of hydrogen-bond acceptors (Lipinski definition) is 11. The van der Waals surface area contributed by atoms with Crippen LogP contribution in [0.2, 0.25) is 0 Å². The summed E-state index contributed by atoms with van der Waals surface area (Å²) in [5.74, 6) is -0.999. The SMILES string of the molecule is C=C1OC(COP(=O)(COCCn2cnc3c(=O)[nH]c(N)nc32)OCc2ccc(OC)c(F)c2)=C(c2ccc(C)c(F)c2)O1. The molecule has 0 bridgehead atoms. The van der Waals surface area contributed by atoms with Crippen LogP contribution in [-0.4, -0.2) is 46.2 Å². The number of nitrogens with two attached hydrogens (primary N) is 1. The Kier molecular flexibility index (Phi) is 9.11. The van der Waals surface area contributed by atoms with Crippen LogP contribution >= 0.6 is 7.60 Å². The first kappa shape index (κ1) is 30.9. The third kappa shape index (κ3) is 6.97. The van der Waals surface area contributed by atoms with Gasteiger partial charge >= 0.3 is 7.60 Å². The first-order valence-electron chi connectivity index (χ1n) is 13.1. The number of aryl methyl sites for hydroxylation is 1. The molecule has 0 saturated heterocycles. The van der Waals surface area contributed by atoms with E-state index in [-0.39, 0.29) is 60.1 Å². The summed E-state index contributed by atoms with van der Waals surface area (Å²) >= 11 is 0. The first-order chi connectivity index (χ1) is 21.0. The third-order valence-electron chi connectivity index (χ3n) is 6.40. The quantitative estimate of drug-likeness (QED) is 0.157. The average Bonchev–Trinajstić information content (AvgIpc) is 3.58. The molecular weight excluding hydrogens is 603 g/mol. The van der Waals surface area contributed by atoms with E-state index in [0.29, 0.717) is 16.7 Å². The topological polar surface area (TPSA) is 162 Å². The van der Waals surface area contributed by atoms with E-state index < -0.39 is 37.7 Å². The fraction of sp³-hybridized carbons (Fsp3) is 0.250. The standard InChI is InChI=1S/C28H28F2N5O8P/c1-16-4-6-19(11-20(16)29)25-23(42-17(2)43-25)13-41-44(37,40-12-18-5-7-22(38-3)21(30)10-18)15-39-9-8-35-14-32-24-26(35)33-28(31)34-27(24)36/h4-7,10-11,14H,2,8-9,12-13,15H2,1,3H3,(H3,31,33,34,36). The Morgan fingerprint density at radius 1 is 1.11 bits per heavy atom. The second-order valence-electron chi connectivity index (χ2n) is 9.52. The molecule has 1 atom stereocenters. The Bertz CT molecular complexity index is 1860. The predicted octanol–water partition coefficient (Wildman–Crippen LogP) is 4.58. The number of aromatic amines is 1. The van der Waals surface area contributed by atoms with Gasteiger partial charge in [-0.2, -0.15) is 4.98 Å². The highest BCUT2D eigenvalue weighted by Crippen LogP contribution is 2.50. The molecule has 2 aromatic heterocycles. The molecule has 44 heavy (non-hydrogen) atoms. The van der Waals surface area contributed by atoms with Crippen molar-refractivity contribution in [1.82, 2.24) is 19.5 Å². The molecule has 0 aliphatic carbocycles. The number of nitrogens with zero attached hydrogens (tertiary/aromatic N) is 3. The Balaban J connectivity index is 1.31. The monoisotopic (exact) mass is 631 g/mol. The zero-order valence-corrected chi connectivity index (χ0v) is 24.6. The number of ether oxygens (including phenoxy) is 4. The summed E-state index contributed by atoms with van der Waals surface area (Å²) in [7, 11) is -2.73. The minimum absolute atomic E-state index is 0.0132. The molecule has 16 heteroatoms. The van der Waals surface area contributed by atoms with Gasteiger partial charge in [-0.25, -0.2) is 13.8 Å². The van der Waals surface area contributed by atoms with Gasteiger partial charge in [0.2, 0.25) is 5.95 Å². The highest BCUT2D eigenvalue weighted by Gasteiger charge is 2.31. The van der Waals surface area contributed by atoms with Crippen molar-refractivity contribution in [1.29, 1.82) is 0 Å². The van der Waals surface area contributed by atoms with Crippen LogP contribution in [0.1, 0.15) is 16.7 Å². The zero-order valence-electron chi connectivity index (χ0n) is 23.7. The Morgan fingerprint density at radius 3 is 2.66 bits per heavy atom. The number of H-pyrrole nitrogens is 1. The van der Waals surface area contributed by atoms with Crippen molar-refractivity contribution in [2.45, 2.75) is 20.1 Å². The summed E-state index contributed by atoms with van der Waals surface area (Å²) in [5, 5.41) is 0. The number of imidazole rings is 1. The van der Waals surface area contributed by atoms with Gasteiger partial charge in [0.05, 0.1) is 26.7 Å². The molecule has 232 valence electrons. The number of nitrogens with one attached hydrogen (secondary N) is 1. The number of anilines is 1. The number of nitrogen functional groups attached to an aromatic ring is 1. The lowest BCUT2D eigenvalue weighted by Gasteiger charge is -2.19. The van der Waals surface area contributed by atoms with Gasteiger partial charge in [0.1, 0.15) is 18.8 Å². The fourth-order valence-corrected chi connectivity index (χ4v) is 5.38. The minimum Gasteiger partial charge on any atom is -0.494 e. The van der Waals surface area contributed by atoms with E-state index in [4.69, 9.17) is 33.7 Å². The second kappa shape index (κ2) is 13.0. The molecule has 3 heterocycles. The maximum Gasteiger partial charge on any atom is 0.356 e. The van der Waals surface area contributed by atoms with Crippen molar-refractivity contribution in [2.24, 2.45) is 0 Å². The van der Waals surface area contributed by atoms with Gasteiger partial charge in [-0.3, -0.25) is 18.9 Å². The summed E-state index contributed by atoms with van der Waals surface area (Å²) in [4.78, 5) is 22.5. The van der Waals surface area contributed by atoms with E-state index >= 15 is 0 Å². The Labute approximate surface area is 249 Å². The molecule has 1 aliphatic heterocycles. The normalized spacial score (nSPS) is 14.5. The Hall–Kier alpha value is -4.56. The number of rotatable bonds is 13. The molecule has 5 rings (SSSR count). The molecular formula is C28H28F2N5O8P. The summed E-state index contributed by atoms with van der Waals surface area (Å²) < 4.78 is 76.9. The molecule has 0 amide bonds. The van der Waals surface area contributed by atoms with Crippen LogP contribution in [0.15, 0.2) is 65.8 Å². The first-order valence-corrected chi connectivity index (χ1v) is 14.8. The van der Waals surface area contributed by atoms with Crippen LogP contribution in [0.25, 0.3) is 16.9 Å². The molecule has 0 spiro atoms. The third-order valence-corrected chi connectivity index (χ3v) is 7.94. The molecule has 1 unspecified atom stereocenters. The van der Waals surface area contributed by atoms with Crippen molar-refractivity contribution in [2.75, 3.05) is 32.4 Å². The van der Waals surface area contributed by atoms with Crippen LogP contribution in [0, 0.1) is 18.6 Å². The highest BCUT2D eigenvalue weighted by molar-refractivity contribution is 7.53. The Morgan fingerprint density at radius 2 is 1.91 bits per heavy atom. The van der Waals surface area contributed by atoms with Crippen molar-refractivity contribution >= 4 is 30.5 Å². The molecule has 0 fully saturated rings. The second-order valence-corrected chi connectivity index (χ2v) is 11.5. The zero-order chi connectivity index (χ0) is 31.4. The summed E-state index contributed by atoms with van der Waals surface area (Å²) in [6, 6.07) is 8.59. The van der Waals surface area contributed by atoms with Crippen molar-refractivity contribution in [3.8, 4) is 5.75 Å². The highest BCUT2D eigenvalue weighted by atomic mass is 31.2. The van der Waals surface area contributed by atoms with Crippen molar-refractivity contribution < 1.29 is 41.3 Å². The smallest absolute Gasteiger partial charge is 0.356 e. The number of aromatic nitrogens is 4. The van der Waals surface area contributed by atoms with Gasteiger partial charge in [0.25, 0.3) is 11.5 Å². The van der Waals surface area contributed by atoms with E-state index in [2.05, 4.69) is 21.5 Å². The van der Waals surface area contributed by atoms with Gasteiger partial charge in [-0.05, 0) is 42.8 Å². The fourth-order valence-electron chi connectivity index (χ4n) is 4.14. The summed E-state index contributed by atoms with van der Waals surface area (Å²) in [6.45, 7) is 4.69. The van der Waals surface area contributed by atoms with E-state index in [1.165, 1.54) is 31.6 Å². The molecule has 0 radical (unpaired) electrons. The van der Waals surface area contributed by atoms with Gasteiger partial charge in [0, 0.05) is 12.1 Å². The molecule has 2 aromatic carbocycles. The van der Waals surface area contributed by atoms with E-state index in [1.807, 2.05) is 0 Å². The van der Waals surface area contributed by atoms with Gasteiger partial charge in [-0.15, -0.1) is 0 Å². The lowest BCUT2D eigenvalue weighted by atomic mass is 10.1. The molecule has 3 N–H and O–H groups in total. The van der Waals surface area contributed by atoms with Crippen LogP contribution in [-0.2, 0) is 41.0 Å². The largest absolute Gasteiger partial charge is 0.494 e. The van der Waals surface area contributed by atoms with Crippen molar-refractivity contribution in [3.63, 3.8) is 0 Å². The van der Waals surface area contributed by atoms with Crippen LogP contribution < -0.4 is 16.0 Å². The van der Waals surface area contributed by atoms with Crippen LogP contribution in [0.4, 0.5) is 14.7 Å². The predicted molar refractivity (Wildman–Crippen MR) is 154 cm³/mol. The molecule has 4 aromatic rings. The number of benzene rings is 2. The lowest BCUT2D eigenvalue weighted by molar-refractivity contribution is 0.114. The number of hydrogen-bond donors (Lipinski definition) is 2. The van der Waals surface area contributed by atoms with E-state index in [9.17, 15) is 18.1 Å². The maximum atomic E-state index is 14.2. The van der Waals surface area contributed by atoms with Crippen molar-refractivity contribution in [3.05, 3.63) is 99.7 Å². The summed E-state index contributed by atoms with van der Waals surface area (Å²) in [6.07, 6.45) is 0.880. The number of methoxy groups -OCH3 is 1. The van der Waals surface area contributed by atoms with E-state index in [1.54, 1.807) is 29.7 Å². The van der Waals surface area contributed by atoms with Crippen LogP contribution in [0.3, 0.4) is 0 Å². The van der Waals surface area contributed by atoms with E-state index in [0.717, 1.165) is 0 Å². The minimum atomic E-state index is -4.06. The average molecular weight is 632 g/mol. The molecule has 1 aliphatic rings. The lowest BCUT2D eigenvalue weighted by Crippen LogP contribution is -2.13. The number of fused-ring (bicyclic) bond motifs is 1. The van der Waals surface area contributed by atoms with Gasteiger partial charge in [0.15, 0.2) is 34.2 Å². The summed E-state index contributed by atoms with van der Waals surface area (Å²) in [5.41, 5.74) is 6.64. The van der Waals surface area contributed by atoms with Gasteiger partial charge < -0.3 is 33.8 Å². The van der Waals surface area contributed by atoms with Gasteiger partial charge in [-0.1, -0.05) is 18.2 Å². The molecule has 13 nitrogen and oxygen atoms in total. The van der Waals surface area contributed by atoms with Crippen LogP contribution in [0.5, 0.6) is 5.75 Å². The maximum absolute atomic E-state index is 14.2. The number of halogens is 2.